The Morgan fingerprint density at radius 2 is 1.73 bits per heavy atom. The molecule has 0 saturated heterocycles. The molecule has 0 atom stereocenters. The second-order valence-corrected chi connectivity index (χ2v) is 2.85. The number of carboxylic acid groups (broad SMARTS) is 2. The largest absolute Gasteiger partial charge is 0.478 e. The molecule has 82 valence electrons. The average molecular weight is 232 g/mol. The summed E-state index contributed by atoms with van der Waals surface area (Å²) in [4.78, 5) is 21.3. The fourth-order valence-corrected chi connectivity index (χ4v) is 1.08. The summed E-state index contributed by atoms with van der Waals surface area (Å²) in [7, 11) is 0. The van der Waals surface area contributed by atoms with Crippen LogP contribution in [-0.4, -0.2) is 22.2 Å². The molecule has 0 amide bonds. The van der Waals surface area contributed by atoms with Gasteiger partial charge in [-0.2, -0.15) is 0 Å². The molecule has 0 bridgehead atoms. The normalized spacial score (nSPS) is 9.13. The van der Waals surface area contributed by atoms with Gasteiger partial charge in [0.15, 0.2) is 0 Å². The average Bonchev–Trinajstić information content (AvgIpc) is 2.08. The molecule has 15 heavy (non-hydrogen) atoms. The maximum atomic E-state index is 10.7. The zero-order valence-electron chi connectivity index (χ0n) is 7.85. The van der Waals surface area contributed by atoms with Crippen LogP contribution in [0.5, 0.6) is 0 Å². The molecule has 1 rings (SSSR count). The molecule has 0 aliphatic carbocycles. The highest BCUT2D eigenvalue weighted by Crippen LogP contribution is 2.19. The molecule has 0 radical (unpaired) electrons. The molecular formula is C9H10ClNO4. The first-order valence-electron chi connectivity index (χ1n) is 3.80. The first-order chi connectivity index (χ1) is 6.43. The number of carbonyl (C=O) groups is 2. The van der Waals surface area contributed by atoms with Gasteiger partial charge in [-0.1, -0.05) is 0 Å². The van der Waals surface area contributed by atoms with Crippen molar-refractivity contribution in [2.45, 2.75) is 6.92 Å². The van der Waals surface area contributed by atoms with E-state index < -0.39 is 11.9 Å². The molecule has 0 spiro atoms. The van der Waals surface area contributed by atoms with Crippen LogP contribution >= 0.6 is 12.4 Å². The molecule has 5 nitrogen and oxygen atoms in total. The quantitative estimate of drug-likeness (QED) is 0.668. The zero-order chi connectivity index (χ0) is 10.9. The number of hydrogen-bond acceptors (Lipinski definition) is 3. The number of hydrogen-bond donors (Lipinski definition) is 3. The van der Waals surface area contributed by atoms with E-state index in [1.807, 2.05) is 0 Å². The molecule has 0 aliphatic rings. The minimum absolute atomic E-state index is 0. The first-order valence-corrected chi connectivity index (χ1v) is 3.80. The van der Waals surface area contributed by atoms with Crippen molar-refractivity contribution in [1.29, 1.82) is 0 Å². The number of nitrogens with two attached hydrogens (primary N) is 1. The number of halogens is 1. The van der Waals surface area contributed by atoms with E-state index in [-0.39, 0.29) is 29.2 Å². The van der Waals surface area contributed by atoms with Gasteiger partial charge in [0.1, 0.15) is 0 Å². The third kappa shape index (κ3) is 2.60. The molecule has 1 aromatic rings. The lowest BCUT2D eigenvalue weighted by atomic mass is 10.0. The van der Waals surface area contributed by atoms with Crippen molar-refractivity contribution in [1.82, 2.24) is 0 Å². The third-order valence-corrected chi connectivity index (χ3v) is 1.93. The maximum Gasteiger partial charge on any atom is 0.336 e. The van der Waals surface area contributed by atoms with Gasteiger partial charge in [-0.15, -0.1) is 12.4 Å². The topological polar surface area (TPSA) is 101 Å². The van der Waals surface area contributed by atoms with E-state index in [2.05, 4.69) is 0 Å². The summed E-state index contributed by atoms with van der Waals surface area (Å²) >= 11 is 0. The van der Waals surface area contributed by atoms with E-state index in [1.165, 1.54) is 13.0 Å². The van der Waals surface area contributed by atoms with Gasteiger partial charge in [0, 0.05) is 5.69 Å². The molecule has 0 heterocycles. The summed E-state index contributed by atoms with van der Waals surface area (Å²) in [5.74, 6) is -2.38. The summed E-state index contributed by atoms with van der Waals surface area (Å²) in [6, 6.07) is 2.33. The minimum atomic E-state index is -1.20. The Bertz CT molecular complexity index is 417. The second-order valence-electron chi connectivity index (χ2n) is 2.85. The first kappa shape index (κ1) is 13.2. The van der Waals surface area contributed by atoms with E-state index in [9.17, 15) is 9.59 Å². The van der Waals surface area contributed by atoms with Crippen LogP contribution in [0.2, 0.25) is 0 Å². The predicted molar refractivity (Wildman–Crippen MR) is 56.8 cm³/mol. The molecule has 1 aromatic carbocycles. The summed E-state index contributed by atoms with van der Waals surface area (Å²) < 4.78 is 0. The lowest BCUT2D eigenvalue weighted by molar-refractivity contribution is 0.0695. The molecule has 0 unspecified atom stereocenters. The van der Waals surface area contributed by atoms with E-state index in [0.717, 1.165) is 6.07 Å². The summed E-state index contributed by atoms with van der Waals surface area (Å²) in [6.07, 6.45) is 0. The van der Waals surface area contributed by atoms with Gasteiger partial charge in [-0.3, -0.25) is 0 Å². The zero-order valence-corrected chi connectivity index (χ0v) is 8.67. The highest BCUT2D eigenvalue weighted by atomic mass is 35.5. The van der Waals surface area contributed by atoms with Crippen LogP contribution in [0.3, 0.4) is 0 Å². The van der Waals surface area contributed by atoms with Crippen LogP contribution in [0.15, 0.2) is 12.1 Å². The summed E-state index contributed by atoms with van der Waals surface area (Å²) in [6.45, 7) is 1.53. The number of aromatic carboxylic acids is 2. The van der Waals surface area contributed by atoms with Crippen LogP contribution in [0.1, 0.15) is 26.3 Å². The van der Waals surface area contributed by atoms with E-state index in [1.54, 1.807) is 0 Å². The Hall–Kier alpha value is -1.75. The van der Waals surface area contributed by atoms with Crippen molar-refractivity contribution in [3.05, 3.63) is 28.8 Å². The summed E-state index contributed by atoms with van der Waals surface area (Å²) in [5.41, 5.74) is 5.82. The van der Waals surface area contributed by atoms with Crippen molar-refractivity contribution >= 4 is 30.0 Å². The monoisotopic (exact) mass is 231 g/mol. The molecular weight excluding hydrogens is 222 g/mol. The Kier molecular flexibility index (Phi) is 4.11. The minimum Gasteiger partial charge on any atom is -0.478 e. The van der Waals surface area contributed by atoms with Crippen molar-refractivity contribution in [3.8, 4) is 0 Å². The van der Waals surface area contributed by atoms with Gasteiger partial charge in [0.2, 0.25) is 0 Å². The highest BCUT2D eigenvalue weighted by Gasteiger charge is 2.14. The van der Waals surface area contributed by atoms with Crippen LogP contribution in [-0.2, 0) is 0 Å². The molecule has 0 fully saturated rings. The SMILES string of the molecule is Cc1c(N)cc(C(=O)O)cc1C(=O)O.Cl. The number of nitrogen functional groups attached to an aromatic ring is 1. The standard InChI is InChI=1S/C9H9NO4.ClH/c1-4-6(9(13)14)2-5(8(11)12)3-7(4)10;/h2-3H,10H2,1H3,(H,11,12)(H,13,14);1H. The molecule has 4 N–H and O–H groups in total. The van der Waals surface area contributed by atoms with Crippen molar-refractivity contribution in [3.63, 3.8) is 0 Å². The van der Waals surface area contributed by atoms with E-state index >= 15 is 0 Å². The van der Waals surface area contributed by atoms with Crippen LogP contribution in [0, 0.1) is 6.92 Å². The predicted octanol–water partition coefficient (Wildman–Crippen LogP) is 1.40. The Morgan fingerprint density at radius 1 is 1.20 bits per heavy atom. The van der Waals surface area contributed by atoms with Gasteiger partial charge in [-0.05, 0) is 24.6 Å². The molecule has 0 aromatic heterocycles. The van der Waals surface area contributed by atoms with Crippen molar-refractivity contribution in [2.75, 3.05) is 5.73 Å². The Morgan fingerprint density at radius 3 is 2.13 bits per heavy atom. The maximum absolute atomic E-state index is 10.7. The van der Waals surface area contributed by atoms with Gasteiger partial charge in [0.25, 0.3) is 0 Å². The smallest absolute Gasteiger partial charge is 0.336 e. The van der Waals surface area contributed by atoms with Crippen LogP contribution in [0.4, 0.5) is 5.69 Å². The lowest BCUT2D eigenvalue weighted by Crippen LogP contribution is -2.07. The molecule has 0 aliphatic heterocycles. The van der Waals surface area contributed by atoms with Crippen LogP contribution < -0.4 is 5.73 Å². The number of rotatable bonds is 2. The summed E-state index contributed by atoms with van der Waals surface area (Å²) in [5, 5.41) is 17.4. The number of carboxylic acids is 2. The second kappa shape index (κ2) is 4.65. The van der Waals surface area contributed by atoms with Gasteiger partial charge >= 0.3 is 11.9 Å². The third-order valence-electron chi connectivity index (χ3n) is 1.93. The van der Waals surface area contributed by atoms with E-state index in [4.69, 9.17) is 15.9 Å². The van der Waals surface area contributed by atoms with Crippen LogP contribution in [0.25, 0.3) is 0 Å². The Labute approximate surface area is 91.9 Å². The van der Waals surface area contributed by atoms with Gasteiger partial charge in [-0.25, -0.2) is 9.59 Å². The number of anilines is 1. The van der Waals surface area contributed by atoms with E-state index in [0.29, 0.717) is 5.56 Å². The Balaban J connectivity index is 0.00000196. The number of benzene rings is 1. The van der Waals surface area contributed by atoms with Crippen molar-refractivity contribution in [2.24, 2.45) is 0 Å². The molecule has 6 heteroatoms. The highest BCUT2D eigenvalue weighted by molar-refractivity contribution is 5.96. The molecule has 0 saturated carbocycles. The van der Waals surface area contributed by atoms with Crippen molar-refractivity contribution < 1.29 is 19.8 Å². The lowest BCUT2D eigenvalue weighted by Gasteiger charge is -2.05. The van der Waals surface area contributed by atoms with Gasteiger partial charge < -0.3 is 15.9 Å². The van der Waals surface area contributed by atoms with Gasteiger partial charge in [0.05, 0.1) is 11.1 Å². The fourth-order valence-electron chi connectivity index (χ4n) is 1.08. The fraction of sp³-hybridized carbons (Fsp3) is 0.111.